The molecule has 1 aliphatic rings. The van der Waals surface area contributed by atoms with Gasteiger partial charge in [0, 0.05) is 24.5 Å². The molecule has 3 aromatic carbocycles. The summed E-state index contributed by atoms with van der Waals surface area (Å²) in [7, 11) is -3.82. The van der Waals surface area contributed by atoms with Crippen molar-refractivity contribution in [3.8, 4) is 5.75 Å². The summed E-state index contributed by atoms with van der Waals surface area (Å²) in [5.41, 5.74) is 17.4. The summed E-state index contributed by atoms with van der Waals surface area (Å²) < 4.78 is 35.3. The smallest absolute Gasteiger partial charge is 0.312 e. The maximum Gasteiger partial charge on any atom is 0.312 e. The molecule has 1 unspecified atom stereocenters. The van der Waals surface area contributed by atoms with E-state index >= 15 is 0 Å². The van der Waals surface area contributed by atoms with Gasteiger partial charge < -0.3 is 26.8 Å². The van der Waals surface area contributed by atoms with E-state index in [1.165, 1.54) is 4.31 Å². The van der Waals surface area contributed by atoms with E-state index < -0.39 is 21.6 Å². The fourth-order valence-corrected chi connectivity index (χ4v) is 7.38. The van der Waals surface area contributed by atoms with Crippen LogP contribution in [0.1, 0.15) is 67.9 Å². The number of carbonyl (C=O) groups is 1. The predicted molar refractivity (Wildman–Crippen MR) is 168 cm³/mol. The highest BCUT2D eigenvalue weighted by Gasteiger charge is 2.37. The van der Waals surface area contributed by atoms with Crippen LogP contribution in [0.4, 0.5) is 16.2 Å². The molecule has 0 bridgehead atoms. The Morgan fingerprint density at radius 3 is 2.50 bits per heavy atom. The van der Waals surface area contributed by atoms with Crippen LogP contribution in [-0.2, 0) is 16.6 Å². The average Bonchev–Trinajstić information content (AvgIpc) is 3.03. The molecule has 226 valence electrons. The normalized spacial score (nSPS) is 17.4. The summed E-state index contributed by atoms with van der Waals surface area (Å²) >= 11 is 0. The van der Waals surface area contributed by atoms with E-state index in [0.29, 0.717) is 17.9 Å². The predicted octanol–water partition coefficient (Wildman–Crippen LogP) is 5.26. The molecule has 2 amide bonds. The summed E-state index contributed by atoms with van der Waals surface area (Å²) in [6.45, 7) is 12.9. The molecule has 0 saturated heterocycles. The van der Waals surface area contributed by atoms with Gasteiger partial charge in [-0.25, -0.2) is 13.2 Å². The summed E-state index contributed by atoms with van der Waals surface area (Å²) in [6.07, 6.45) is 0.386. The highest BCUT2D eigenvalue weighted by molar-refractivity contribution is 7.89. The molecule has 0 spiro atoms. The second-order valence-electron chi connectivity index (χ2n) is 11.5. The minimum atomic E-state index is -3.82. The lowest BCUT2D eigenvalue weighted by molar-refractivity contribution is 0.168. The first-order valence-electron chi connectivity index (χ1n) is 14.4. The first-order valence-corrected chi connectivity index (χ1v) is 15.8. The number of rotatable bonds is 9. The van der Waals surface area contributed by atoms with Crippen LogP contribution in [0.2, 0.25) is 0 Å². The van der Waals surface area contributed by atoms with Crippen molar-refractivity contribution in [2.75, 3.05) is 24.1 Å². The van der Waals surface area contributed by atoms with Gasteiger partial charge in [0.25, 0.3) is 0 Å². The topological polar surface area (TPSA) is 140 Å². The number of aryl methyl sites for hydroxylation is 1. The van der Waals surface area contributed by atoms with Crippen molar-refractivity contribution >= 4 is 27.4 Å². The van der Waals surface area contributed by atoms with E-state index in [2.05, 4.69) is 10.6 Å². The third-order valence-corrected chi connectivity index (χ3v) is 9.93. The molecule has 6 N–H and O–H groups in total. The molecule has 0 aliphatic carbocycles. The van der Waals surface area contributed by atoms with E-state index in [0.717, 1.165) is 40.0 Å². The van der Waals surface area contributed by atoms with Gasteiger partial charge in [0.2, 0.25) is 10.0 Å². The fraction of sp³-hybridized carbons (Fsp3) is 0.406. The number of fused-ring (bicyclic) bond motifs is 1. The van der Waals surface area contributed by atoms with E-state index in [1.807, 2.05) is 71.9 Å². The first kappa shape index (κ1) is 31.2. The van der Waals surface area contributed by atoms with Crippen molar-refractivity contribution in [1.29, 1.82) is 0 Å². The van der Waals surface area contributed by atoms with Crippen molar-refractivity contribution in [2.45, 2.75) is 77.0 Å². The van der Waals surface area contributed by atoms with Gasteiger partial charge in [-0.1, -0.05) is 43.3 Å². The quantitative estimate of drug-likeness (QED) is 0.250. The third kappa shape index (κ3) is 6.19. The number of sulfonamides is 1. The Bertz CT molecular complexity index is 1570. The van der Waals surface area contributed by atoms with Crippen molar-refractivity contribution in [1.82, 2.24) is 9.62 Å². The van der Waals surface area contributed by atoms with Crippen molar-refractivity contribution in [3.05, 3.63) is 82.4 Å². The Labute approximate surface area is 249 Å². The second kappa shape index (κ2) is 12.2. The molecule has 1 aliphatic heterocycles. The van der Waals surface area contributed by atoms with Crippen LogP contribution in [0.3, 0.4) is 0 Å². The number of nitrogens with two attached hydrogens (primary N) is 2. The Hall–Kier alpha value is -3.76. The maximum absolute atomic E-state index is 13.9. The number of hydrogen-bond donors (Lipinski definition) is 4. The number of hydrogen-bond acceptors (Lipinski definition) is 6. The van der Waals surface area contributed by atoms with Gasteiger partial charge in [0.15, 0.2) is 0 Å². The second-order valence-corrected chi connectivity index (χ2v) is 13.4. The zero-order valence-electron chi connectivity index (χ0n) is 25.3. The molecule has 42 heavy (non-hydrogen) atoms. The SMILES string of the molecule is CCNc1ccc(C(c2ccc(C)c(CN3C[C@@H](CC)Oc4ccccc4S3(=O)=O)c2)C(C)(C)NC(N)=O)c(C)c1N. The van der Waals surface area contributed by atoms with Crippen LogP contribution >= 0.6 is 0 Å². The number of anilines is 2. The van der Waals surface area contributed by atoms with Crippen LogP contribution in [0.5, 0.6) is 5.75 Å². The summed E-state index contributed by atoms with van der Waals surface area (Å²) in [4.78, 5) is 12.3. The zero-order chi connectivity index (χ0) is 30.8. The van der Waals surface area contributed by atoms with E-state index in [-0.39, 0.29) is 30.0 Å². The number of nitrogens with zero attached hydrogens (tertiary/aromatic N) is 1. The number of amides is 2. The summed E-state index contributed by atoms with van der Waals surface area (Å²) in [5, 5.41) is 6.22. The molecular weight excluding hydrogens is 550 g/mol. The molecule has 0 saturated carbocycles. The lowest BCUT2D eigenvalue weighted by Gasteiger charge is -2.37. The number of benzene rings is 3. The van der Waals surface area contributed by atoms with E-state index in [1.54, 1.807) is 24.3 Å². The van der Waals surface area contributed by atoms with Gasteiger partial charge in [-0.05, 0) is 87.1 Å². The van der Waals surface area contributed by atoms with Crippen LogP contribution < -0.4 is 26.8 Å². The molecular formula is C32H43N5O4S. The van der Waals surface area contributed by atoms with Crippen LogP contribution in [0.25, 0.3) is 0 Å². The monoisotopic (exact) mass is 593 g/mol. The molecule has 2 atom stereocenters. The fourth-order valence-electron chi connectivity index (χ4n) is 5.81. The van der Waals surface area contributed by atoms with Gasteiger partial charge in [-0.3, -0.25) is 0 Å². The number of para-hydroxylation sites is 1. The lowest BCUT2D eigenvalue weighted by Crippen LogP contribution is -2.50. The van der Waals surface area contributed by atoms with Gasteiger partial charge in [0.1, 0.15) is 16.7 Å². The highest BCUT2D eigenvalue weighted by atomic mass is 32.2. The van der Waals surface area contributed by atoms with Crippen LogP contribution in [-0.4, -0.2) is 43.5 Å². The third-order valence-electron chi connectivity index (χ3n) is 8.08. The van der Waals surface area contributed by atoms with E-state index in [4.69, 9.17) is 16.2 Å². The van der Waals surface area contributed by atoms with Crippen molar-refractivity contribution < 1.29 is 17.9 Å². The highest BCUT2D eigenvalue weighted by Crippen LogP contribution is 2.41. The number of ether oxygens (including phenoxy) is 1. The van der Waals surface area contributed by atoms with Gasteiger partial charge in [0.05, 0.1) is 17.9 Å². The minimum Gasteiger partial charge on any atom is -0.488 e. The Morgan fingerprint density at radius 2 is 1.83 bits per heavy atom. The number of nitrogen functional groups attached to an aromatic ring is 1. The molecule has 10 heteroatoms. The number of nitrogens with one attached hydrogen (secondary N) is 2. The number of primary amides is 1. The number of urea groups is 1. The maximum atomic E-state index is 13.9. The van der Waals surface area contributed by atoms with Gasteiger partial charge in [-0.2, -0.15) is 4.31 Å². The molecule has 9 nitrogen and oxygen atoms in total. The number of carbonyl (C=O) groups excluding carboxylic acids is 1. The molecule has 0 aromatic heterocycles. The van der Waals surface area contributed by atoms with Crippen LogP contribution in [0.15, 0.2) is 59.5 Å². The molecule has 1 heterocycles. The van der Waals surface area contributed by atoms with Crippen molar-refractivity contribution in [3.63, 3.8) is 0 Å². The first-order chi connectivity index (χ1) is 19.8. The zero-order valence-corrected chi connectivity index (χ0v) is 26.1. The summed E-state index contributed by atoms with van der Waals surface area (Å²) in [6, 6.07) is 16.2. The van der Waals surface area contributed by atoms with Gasteiger partial charge >= 0.3 is 6.03 Å². The lowest BCUT2D eigenvalue weighted by atomic mass is 9.74. The Kier molecular flexibility index (Phi) is 9.08. The Balaban J connectivity index is 1.82. The molecule has 4 rings (SSSR count). The largest absolute Gasteiger partial charge is 0.488 e. The van der Waals surface area contributed by atoms with Gasteiger partial charge in [-0.15, -0.1) is 0 Å². The van der Waals surface area contributed by atoms with Crippen molar-refractivity contribution in [2.24, 2.45) is 5.73 Å². The average molecular weight is 594 g/mol. The standard InChI is InChI=1S/C32H43N5O4S/c1-7-24-19-37(42(39,40)28-12-10-9-11-27(28)41-24)18-23-17-22(14-13-20(23)3)29(32(5,6)36-31(34)38)25-15-16-26(35-8-2)30(33)21(25)4/h9-17,24,29,35H,7-8,18-19,33H2,1-6H3,(H3,34,36,38)/t24-,29?/m1/s1. The Morgan fingerprint density at radius 1 is 1.12 bits per heavy atom. The minimum absolute atomic E-state index is 0.173. The van der Waals surface area contributed by atoms with E-state index in [9.17, 15) is 13.2 Å². The molecule has 0 fully saturated rings. The van der Waals surface area contributed by atoms with Crippen LogP contribution in [0, 0.1) is 13.8 Å². The summed E-state index contributed by atoms with van der Waals surface area (Å²) in [5.74, 6) is 0.0428. The molecule has 0 radical (unpaired) electrons. The molecule has 3 aromatic rings.